The first kappa shape index (κ1) is 15.5. The van der Waals surface area contributed by atoms with Crippen LogP contribution in [0.3, 0.4) is 0 Å². The number of aliphatic hydroxyl groups excluding tert-OH is 1. The average molecular weight is 350 g/mol. The SMILES string of the molecule is O=C(OCc1ccc(Br)cc1)c1ccc(NCCO)cc1. The van der Waals surface area contributed by atoms with Crippen molar-refractivity contribution in [3.63, 3.8) is 0 Å². The number of hydrogen-bond donors (Lipinski definition) is 2. The summed E-state index contributed by atoms with van der Waals surface area (Å²) in [5, 5.41) is 11.7. The molecule has 0 atom stereocenters. The Kier molecular flexibility index (Phi) is 5.78. The van der Waals surface area contributed by atoms with Gasteiger partial charge in [0.2, 0.25) is 0 Å². The van der Waals surface area contributed by atoms with Gasteiger partial charge in [-0.1, -0.05) is 28.1 Å². The third-order valence-electron chi connectivity index (χ3n) is 2.84. The minimum Gasteiger partial charge on any atom is -0.457 e. The highest BCUT2D eigenvalue weighted by Gasteiger charge is 2.07. The third kappa shape index (κ3) is 4.88. The second-order valence-corrected chi connectivity index (χ2v) is 5.35. The number of hydrogen-bond acceptors (Lipinski definition) is 4. The summed E-state index contributed by atoms with van der Waals surface area (Å²) >= 11 is 3.36. The summed E-state index contributed by atoms with van der Waals surface area (Å²) in [7, 11) is 0. The van der Waals surface area contributed by atoms with Gasteiger partial charge in [-0.15, -0.1) is 0 Å². The summed E-state index contributed by atoms with van der Waals surface area (Å²) < 4.78 is 6.25. The van der Waals surface area contributed by atoms with E-state index in [1.54, 1.807) is 24.3 Å². The fourth-order valence-corrected chi connectivity index (χ4v) is 2.00. The molecule has 2 aromatic rings. The molecule has 0 saturated carbocycles. The number of nitrogens with one attached hydrogen (secondary N) is 1. The van der Waals surface area contributed by atoms with Crippen molar-refractivity contribution in [1.29, 1.82) is 0 Å². The molecule has 0 unspecified atom stereocenters. The highest BCUT2D eigenvalue weighted by molar-refractivity contribution is 9.10. The first-order valence-electron chi connectivity index (χ1n) is 6.55. The predicted molar refractivity (Wildman–Crippen MR) is 85.3 cm³/mol. The number of rotatable bonds is 6. The van der Waals surface area contributed by atoms with Gasteiger partial charge in [-0.05, 0) is 42.0 Å². The van der Waals surface area contributed by atoms with Crippen molar-refractivity contribution in [1.82, 2.24) is 0 Å². The summed E-state index contributed by atoms with van der Waals surface area (Å²) in [6.45, 7) is 0.793. The topological polar surface area (TPSA) is 58.6 Å². The standard InChI is InChI=1S/C16H16BrNO3/c17-14-5-1-12(2-6-14)11-21-16(20)13-3-7-15(8-4-13)18-9-10-19/h1-8,18-19H,9-11H2. The molecule has 0 spiro atoms. The molecule has 5 heteroatoms. The van der Waals surface area contributed by atoms with E-state index in [4.69, 9.17) is 9.84 Å². The zero-order chi connectivity index (χ0) is 15.1. The van der Waals surface area contributed by atoms with Gasteiger partial charge in [-0.3, -0.25) is 0 Å². The molecule has 0 radical (unpaired) electrons. The van der Waals surface area contributed by atoms with Crippen LogP contribution in [0.4, 0.5) is 5.69 Å². The number of esters is 1. The Morgan fingerprint density at radius 2 is 1.76 bits per heavy atom. The number of anilines is 1. The van der Waals surface area contributed by atoms with Gasteiger partial charge in [0.15, 0.2) is 0 Å². The van der Waals surface area contributed by atoms with Gasteiger partial charge in [0.05, 0.1) is 12.2 Å². The van der Waals surface area contributed by atoms with E-state index in [2.05, 4.69) is 21.2 Å². The first-order valence-corrected chi connectivity index (χ1v) is 7.34. The monoisotopic (exact) mass is 349 g/mol. The van der Waals surface area contributed by atoms with Crippen molar-refractivity contribution in [2.24, 2.45) is 0 Å². The number of ether oxygens (including phenoxy) is 1. The Balaban J connectivity index is 1.89. The Bertz CT molecular complexity index is 581. The Morgan fingerprint density at radius 3 is 2.38 bits per heavy atom. The lowest BCUT2D eigenvalue weighted by Crippen LogP contribution is -2.07. The average Bonchev–Trinajstić information content (AvgIpc) is 2.52. The lowest BCUT2D eigenvalue weighted by atomic mass is 10.2. The lowest BCUT2D eigenvalue weighted by Gasteiger charge is -2.07. The van der Waals surface area contributed by atoms with Crippen molar-refractivity contribution in [3.8, 4) is 0 Å². The van der Waals surface area contributed by atoms with E-state index in [0.29, 0.717) is 12.1 Å². The molecule has 2 rings (SSSR count). The highest BCUT2D eigenvalue weighted by atomic mass is 79.9. The normalized spacial score (nSPS) is 10.2. The maximum atomic E-state index is 11.9. The van der Waals surface area contributed by atoms with E-state index in [9.17, 15) is 4.79 Å². The molecule has 0 aromatic heterocycles. The van der Waals surface area contributed by atoms with Gasteiger partial charge in [0, 0.05) is 16.7 Å². The Hall–Kier alpha value is -1.85. The van der Waals surface area contributed by atoms with Gasteiger partial charge in [-0.2, -0.15) is 0 Å². The molecule has 0 aliphatic heterocycles. The van der Waals surface area contributed by atoms with Crippen LogP contribution in [-0.2, 0) is 11.3 Å². The molecule has 0 fully saturated rings. The van der Waals surface area contributed by atoms with Crippen LogP contribution in [0.15, 0.2) is 53.0 Å². The van der Waals surface area contributed by atoms with E-state index in [-0.39, 0.29) is 19.2 Å². The molecule has 21 heavy (non-hydrogen) atoms. The van der Waals surface area contributed by atoms with E-state index < -0.39 is 0 Å². The van der Waals surface area contributed by atoms with Crippen LogP contribution in [-0.4, -0.2) is 24.2 Å². The molecule has 0 aliphatic rings. The summed E-state index contributed by atoms with van der Waals surface area (Å²) in [6.07, 6.45) is 0. The molecule has 2 N–H and O–H groups in total. The van der Waals surface area contributed by atoms with E-state index in [0.717, 1.165) is 15.7 Å². The summed E-state index contributed by atoms with van der Waals surface area (Å²) in [5.41, 5.74) is 2.29. The van der Waals surface area contributed by atoms with Crippen LogP contribution in [0.25, 0.3) is 0 Å². The number of halogens is 1. The van der Waals surface area contributed by atoms with Crippen LogP contribution >= 0.6 is 15.9 Å². The minimum absolute atomic E-state index is 0.0665. The van der Waals surface area contributed by atoms with Crippen molar-refractivity contribution in [3.05, 3.63) is 64.1 Å². The van der Waals surface area contributed by atoms with E-state index in [1.807, 2.05) is 24.3 Å². The fraction of sp³-hybridized carbons (Fsp3) is 0.188. The molecule has 0 bridgehead atoms. The maximum Gasteiger partial charge on any atom is 0.338 e. The molecule has 0 aliphatic carbocycles. The summed E-state index contributed by atoms with van der Waals surface area (Å²) in [5.74, 6) is -0.355. The Labute approximate surface area is 131 Å². The third-order valence-corrected chi connectivity index (χ3v) is 3.37. The smallest absolute Gasteiger partial charge is 0.338 e. The van der Waals surface area contributed by atoms with Crippen LogP contribution in [0.5, 0.6) is 0 Å². The van der Waals surface area contributed by atoms with Crippen molar-refractivity contribution in [2.75, 3.05) is 18.5 Å². The quantitative estimate of drug-likeness (QED) is 0.786. The second-order valence-electron chi connectivity index (χ2n) is 4.43. The molecular weight excluding hydrogens is 334 g/mol. The molecule has 2 aromatic carbocycles. The predicted octanol–water partition coefficient (Wildman–Crippen LogP) is 3.21. The van der Waals surface area contributed by atoms with Gasteiger partial charge >= 0.3 is 5.97 Å². The van der Waals surface area contributed by atoms with Gasteiger partial charge < -0.3 is 15.2 Å². The zero-order valence-electron chi connectivity index (χ0n) is 11.4. The molecule has 4 nitrogen and oxygen atoms in total. The van der Waals surface area contributed by atoms with Crippen LogP contribution < -0.4 is 5.32 Å². The van der Waals surface area contributed by atoms with Crippen molar-refractivity contribution in [2.45, 2.75) is 6.61 Å². The summed E-state index contributed by atoms with van der Waals surface area (Å²) in [4.78, 5) is 11.9. The number of carbonyl (C=O) groups excluding carboxylic acids is 1. The number of aliphatic hydroxyl groups is 1. The van der Waals surface area contributed by atoms with Crippen molar-refractivity contribution < 1.29 is 14.6 Å². The highest BCUT2D eigenvalue weighted by Crippen LogP contribution is 2.13. The zero-order valence-corrected chi connectivity index (χ0v) is 13.0. The van der Waals surface area contributed by atoms with E-state index in [1.165, 1.54) is 0 Å². The van der Waals surface area contributed by atoms with Crippen LogP contribution in [0.2, 0.25) is 0 Å². The Morgan fingerprint density at radius 1 is 1.10 bits per heavy atom. The molecule has 0 saturated heterocycles. The van der Waals surface area contributed by atoms with Crippen LogP contribution in [0.1, 0.15) is 15.9 Å². The van der Waals surface area contributed by atoms with E-state index >= 15 is 0 Å². The lowest BCUT2D eigenvalue weighted by molar-refractivity contribution is 0.0472. The molecule has 0 heterocycles. The first-order chi connectivity index (χ1) is 10.2. The van der Waals surface area contributed by atoms with Gasteiger partial charge in [0.1, 0.15) is 6.61 Å². The minimum atomic E-state index is -0.355. The molecule has 110 valence electrons. The number of carbonyl (C=O) groups is 1. The van der Waals surface area contributed by atoms with Crippen LogP contribution in [0, 0.1) is 0 Å². The van der Waals surface area contributed by atoms with Crippen molar-refractivity contribution >= 4 is 27.6 Å². The molecule has 0 amide bonds. The van der Waals surface area contributed by atoms with Gasteiger partial charge in [0.25, 0.3) is 0 Å². The van der Waals surface area contributed by atoms with Gasteiger partial charge in [-0.25, -0.2) is 4.79 Å². The second kappa shape index (κ2) is 7.81. The fourth-order valence-electron chi connectivity index (χ4n) is 1.74. The number of benzene rings is 2. The largest absolute Gasteiger partial charge is 0.457 e. The molecular formula is C16H16BrNO3. The summed E-state index contributed by atoms with van der Waals surface area (Å²) in [6, 6.07) is 14.6. The maximum absolute atomic E-state index is 11.9.